The minimum Gasteiger partial charge on any atom is -0.496 e. The van der Waals surface area contributed by atoms with Crippen LogP contribution in [0.4, 0.5) is 5.82 Å². The number of benzene rings is 1. The van der Waals surface area contributed by atoms with Gasteiger partial charge in [-0.15, -0.1) is 0 Å². The standard InChI is InChI=1S/C23H33N5O2/c1-24-15-19-14-21(27(2)3)26-23(25-19)18-9-7-13-28(16-18)22(29)12-11-17-8-5-6-10-20(17)30-4/h5-6,8,10,14,18,24H,7,9,11-13,15-16H2,1-4H3. The molecular formula is C23H33N5O2. The van der Waals surface area contributed by atoms with Crippen molar-refractivity contribution in [1.29, 1.82) is 0 Å². The van der Waals surface area contributed by atoms with Crippen LogP contribution in [0.5, 0.6) is 5.75 Å². The summed E-state index contributed by atoms with van der Waals surface area (Å²) >= 11 is 0. The van der Waals surface area contributed by atoms with Crippen molar-refractivity contribution in [3.05, 3.63) is 47.4 Å². The van der Waals surface area contributed by atoms with Crippen molar-refractivity contribution in [2.45, 2.75) is 38.1 Å². The molecule has 2 aromatic rings. The monoisotopic (exact) mass is 411 g/mol. The van der Waals surface area contributed by atoms with Gasteiger partial charge < -0.3 is 19.9 Å². The first-order valence-corrected chi connectivity index (χ1v) is 10.6. The summed E-state index contributed by atoms with van der Waals surface area (Å²) in [5.74, 6) is 2.95. The van der Waals surface area contributed by atoms with Gasteiger partial charge in [-0.3, -0.25) is 4.79 Å². The molecule has 0 bridgehead atoms. The van der Waals surface area contributed by atoms with Crippen LogP contribution in [-0.2, 0) is 17.8 Å². The number of ether oxygens (including phenoxy) is 1. The summed E-state index contributed by atoms with van der Waals surface area (Å²) in [5.41, 5.74) is 2.05. The lowest BCUT2D eigenvalue weighted by molar-refractivity contribution is -0.132. The summed E-state index contributed by atoms with van der Waals surface area (Å²) in [5, 5.41) is 3.17. The van der Waals surface area contributed by atoms with E-state index in [9.17, 15) is 4.79 Å². The molecular weight excluding hydrogens is 378 g/mol. The fourth-order valence-electron chi connectivity index (χ4n) is 3.91. The lowest BCUT2D eigenvalue weighted by atomic mass is 9.96. The smallest absolute Gasteiger partial charge is 0.222 e. The number of para-hydroxylation sites is 1. The number of rotatable bonds is 8. The number of aryl methyl sites for hydroxylation is 1. The molecule has 1 fully saturated rings. The van der Waals surface area contributed by atoms with E-state index in [1.54, 1.807) is 7.11 Å². The maximum absolute atomic E-state index is 12.9. The minimum atomic E-state index is 0.171. The molecule has 30 heavy (non-hydrogen) atoms. The Morgan fingerprint density at radius 2 is 2.10 bits per heavy atom. The number of anilines is 1. The molecule has 3 rings (SSSR count). The second-order valence-electron chi connectivity index (χ2n) is 7.99. The zero-order valence-corrected chi connectivity index (χ0v) is 18.5. The van der Waals surface area contributed by atoms with Gasteiger partial charge in [0.25, 0.3) is 0 Å². The average Bonchev–Trinajstić information content (AvgIpc) is 2.77. The van der Waals surface area contributed by atoms with Gasteiger partial charge in [0.05, 0.1) is 12.8 Å². The fraction of sp³-hybridized carbons (Fsp3) is 0.522. The third-order valence-electron chi connectivity index (χ3n) is 5.54. The van der Waals surface area contributed by atoms with Crippen LogP contribution in [0.3, 0.4) is 0 Å². The maximum atomic E-state index is 12.9. The Bertz CT molecular complexity index is 855. The van der Waals surface area contributed by atoms with E-state index in [0.717, 1.165) is 48.0 Å². The van der Waals surface area contributed by atoms with Crippen molar-refractivity contribution < 1.29 is 9.53 Å². The molecule has 162 valence electrons. The molecule has 1 aliphatic rings. The van der Waals surface area contributed by atoms with Crippen molar-refractivity contribution in [2.24, 2.45) is 0 Å². The molecule has 0 saturated carbocycles. The van der Waals surface area contributed by atoms with Gasteiger partial charge in [-0.2, -0.15) is 0 Å². The van der Waals surface area contributed by atoms with Crippen LogP contribution >= 0.6 is 0 Å². The third-order valence-corrected chi connectivity index (χ3v) is 5.54. The molecule has 1 unspecified atom stereocenters. The SMILES string of the molecule is CNCc1cc(N(C)C)nc(C2CCCN(C(=O)CCc3ccccc3OC)C2)n1. The summed E-state index contributed by atoms with van der Waals surface area (Å²) in [4.78, 5) is 26.5. The molecule has 1 aromatic carbocycles. The molecule has 2 heterocycles. The van der Waals surface area contributed by atoms with Crippen LogP contribution in [0, 0.1) is 0 Å². The lowest BCUT2D eigenvalue weighted by Crippen LogP contribution is -2.39. The van der Waals surface area contributed by atoms with Crippen LogP contribution in [0.1, 0.15) is 42.3 Å². The number of nitrogens with one attached hydrogen (secondary N) is 1. The van der Waals surface area contributed by atoms with E-state index in [0.29, 0.717) is 25.9 Å². The van der Waals surface area contributed by atoms with Crippen LogP contribution in [-0.4, -0.2) is 62.1 Å². The largest absolute Gasteiger partial charge is 0.496 e. The highest BCUT2D eigenvalue weighted by atomic mass is 16.5. The number of amides is 1. The Labute approximate surface area is 179 Å². The van der Waals surface area contributed by atoms with Gasteiger partial charge >= 0.3 is 0 Å². The first-order valence-electron chi connectivity index (χ1n) is 10.6. The number of methoxy groups -OCH3 is 1. The van der Waals surface area contributed by atoms with Crippen molar-refractivity contribution in [3.8, 4) is 5.75 Å². The molecule has 1 amide bonds. The van der Waals surface area contributed by atoms with Crippen LogP contribution in [0.2, 0.25) is 0 Å². The Hall–Kier alpha value is -2.67. The van der Waals surface area contributed by atoms with Gasteiger partial charge in [0.15, 0.2) is 0 Å². The molecule has 7 nitrogen and oxygen atoms in total. The summed E-state index contributed by atoms with van der Waals surface area (Å²) in [7, 11) is 7.56. The summed E-state index contributed by atoms with van der Waals surface area (Å²) in [6.07, 6.45) is 3.15. The molecule has 0 spiro atoms. The summed E-state index contributed by atoms with van der Waals surface area (Å²) < 4.78 is 5.41. The van der Waals surface area contributed by atoms with Crippen LogP contribution in [0.25, 0.3) is 0 Å². The molecule has 1 atom stereocenters. The predicted molar refractivity (Wildman–Crippen MR) is 119 cm³/mol. The van der Waals surface area contributed by atoms with Crippen molar-refractivity contribution in [3.63, 3.8) is 0 Å². The summed E-state index contributed by atoms with van der Waals surface area (Å²) in [6.45, 7) is 2.18. The predicted octanol–water partition coefficient (Wildman–Crippen LogP) is 2.61. The number of hydrogen-bond donors (Lipinski definition) is 1. The first-order chi connectivity index (χ1) is 14.5. The highest BCUT2D eigenvalue weighted by Gasteiger charge is 2.27. The molecule has 7 heteroatoms. The van der Waals surface area contributed by atoms with E-state index < -0.39 is 0 Å². The normalized spacial score (nSPS) is 16.4. The van der Waals surface area contributed by atoms with Gasteiger partial charge in [0.2, 0.25) is 5.91 Å². The molecule has 1 aromatic heterocycles. The molecule has 1 saturated heterocycles. The fourth-order valence-corrected chi connectivity index (χ4v) is 3.91. The van der Waals surface area contributed by atoms with E-state index in [4.69, 9.17) is 14.7 Å². The van der Waals surface area contributed by atoms with Crippen molar-refractivity contribution in [2.75, 3.05) is 46.2 Å². The highest BCUT2D eigenvalue weighted by Crippen LogP contribution is 2.27. The molecule has 1 aliphatic heterocycles. The molecule has 1 N–H and O–H groups in total. The Balaban J connectivity index is 1.68. The second-order valence-corrected chi connectivity index (χ2v) is 7.99. The van der Waals surface area contributed by atoms with Crippen molar-refractivity contribution in [1.82, 2.24) is 20.2 Å². The van der Waals surface area contributed by atoms with E-state index in [2.05, 4.69) is 5.32 Å². The van der Waals surface area contributed by atoms with E-state index >= 15 is 0 Å². The van der Waals surface area contributed by atoms with E-state index in [-0.39, 0.29) is 11.8 Å². The van der Waals surface area contributed by atoms with E-state index in [1.165, 1.54) is 0 Å². The lowest BCUT2D eigenvalue weighted by Gasteiger charge is -2.32. The number of nitrogens with zero attached hydrogens (tertiary/aromatic N) is 4. The van der Waals surface area contributed by atoms with Crippen molar-refractivity contribution >= 4 is 11.7 Å². The molecule has 0 aliphatic carbocycles. The zero-order valence-electron chi connectivity index (χ0n) is 18.5. The van der Waals surface area contributed by atoms with Crippen LogP contribution < -0.4 is 15.0 Å². The zero-order chi connectivity index (χ0) is 21.5. The third kappa shape index (κ3) is 5.48. The first kappa shape index (κ1) is 22.0. The van der Waals surface area contributed by atoms with E-state index in [1.807, 2.05) is 61.3 Å². The number of piperidine rings is 1. The Morgan fingerprint density at radius 3 is 2.83 bits per heavy atom. The van der Waals surface area contributed by atoms with Crippen LogP contribution in [0.15, 0.2) is 30.3 Å². The topological polar surface area (TPSA) is 70.6 Å². The Kier molecular flexibility index (Phi) is 7.63. The number of hydrogen-bond acceptors (Lipinski definition) is 6. The molecule has 0 radical (unpaired) electrons. The van der Waals surface area contributed by atoms with Gasteiger partial charge in [0, 0.05) is 52.1 Å². The highest BCUT2D eigenvalue weighted by molar-refractivity contribution is 5.76. The average molecular weight is 412 g/mol. The number of carbonyl (C=O) groups excluding carboxylic acids is 1. The Morgan fingerprint density at radius 1 is 1.30 bits per heavy atom. The minimum absolute atomic E-state index is 0.171. The number of likely N-dealkylation sites (tertiary alicyclic amines) is 1. The number of aromatic nitrogens is 2. The van der Waals surface area contributed by atoms with Gasteiger partial charge in [-0.1, -0.05) is 18.2 Å². The second kappa shape index (κ2) is 10.4. The number of carbonyl (C=O) groups is 1. The van der Waals surface area contributed by atoms with Gasteiger partial charge in [-0.25, -0.2) is 9.97 Å². The summed E-state index contributed by atoms with van der Waals surface area (Å²) in [6, 6.07) is 9.91. The quantitative estimate of drug-likeness (QED) is 0.720. The van der Waals surface area contributed by atoms with Gasteiger partial charge in [-0.05, 0) is 37.9 Å². The maximum Gasteiger partial charge on any atom is 0.222 e. The van der Waals surface area contributed by atoms with Gasteiger partial charge in [0.1, 0.15) is 17.4 Å².